The van der Waals surface area contributed by atoms with Crippen molar-refractivity contribution in [2.24, 2.45) is 5.73 Å². The van der Waals surface area contributed by atoms with Crippen LogP contribution in [-0.2, 0) is 4.79 Å². The molecule has 1 aromatic rings. The number of benzene rings is 1. The smallest absolute Gasteiger partial charge is 0.241 e. The number of nitrogens with two attached hydrogens (primary N) is 1. The maximum absolute atomic E-state index is 12.1. The first-order chi connectivity index (χ1) is 8.61. The Hall–Kier alpha value is -0.910. The first-order valence-electron chi connectivity index (χ1n) is 6.11. The fraction of sp³-hybridized carbons (Fsp3) is 0.462. The van der Waals surface area contributed by atoms with Gasteiger partial charge in [-0.3, -0.25) is 9.69 Å². The van der Waals surface area contributed by atoms with Crippen molar-refractivity contribution in [1.29, 1.82) is 0 Å². The van der Waals surface area contributed by atoms with Gasteiger partial charge in [-0.2, -0.15) is 0 Å². The van der Waals surface area contributed by atoms with Crippen LogP contribution in [0.1, 0.15) is 5.56 Å². The largest absolute Gasteiger partial charge is 0.329 e. The van der Waals surface area contributed by atoms with Crippen molar-refractivity contribution < 1.29 is 4.79 Å². The Morgan fingerprint density at radius 1 is 1.39 bits per heavy atom. The Morgan fingerprint density at radius 3 is 2.78 bits per heavy atom. The lowest BCUT2D eigenvalue weighted by Gasteiger charge is -2.34. The molecule has 2 rings (SSSR count). The van der Waals surface area contributed by atoms with Gasteiger partial charge in [0.2, 0.25) is 5.91 Å². The van der Waals surface area contributed by atoms with Gasteiger partial charge in [0, 0.05) is 36.3 Å². The monoisotopic (exact) mass is 311 g/mol. The molecule has 0 aromatic heterocycles. The van der Waals surface area contributed by atoms with E-state index in [-0.39, 0.29) is 5.91 Å². The van der Waals surface area contributed by atoms with Crippen LogP contribution in [-0.4, -0.2) is 43.5 Å². The van der Waals surface area contributed by atoms with E-state index < -0.39 is 0 Å². The number of carbonyl (C=O) groups is 1. The number of rotatable bonds is 3. The maximum atomic E-state index is 12.1. The fourth-order valence-electron chi connectivity index (χ4n) is 2.27. The van der Waals surface area contributed by atoms with Crippen molar-refractivity contribution in [1.82, 2.24) is 4.90 Å². The van der Waals surface area contributed by atoms with Crippen LogP contribution in [0.25, 0.3) is 0 Å². The topological polar surface area (TPSA) is 49.6 Å². The van der Waals surface area contributed by atoms with Crippen molar-refractivity contribution in [3.05, 3.63) is 28.2 Å². The molecule has 2 N–H and O–H groups in total. The second-order valence-electron chi connectivity index (χ2n) is 4.54. The normalized spacial score (nSPS) is 17.3. The van der Waals surface area contributed by atoms with Crippen LogP contribution in [0, 0.1) is 6.92 Å². The zero-order chi connectivity index (χ0) is 13.1. The van der Waals surface area contributed by atoms with Crippen molar-refractivity contribution >= 4 is 27.5 Å². The van der Waals surface area contributed by atoms with E-state index in [4.69, 9.17) is 5.73 Å². The van der Waals surface area contributed by atoms with E-state index in [0.717, 1.165) is 35.4 Å². The number of hydrogen-bond donors (Lipinski definition) is 1. The van der Waals surface area contributed by atoms with Gasteiger partial charge in [-0.1, -0.05) is 15.9 Å². The predicted molar refractivity (Wildman–Crippen MR) is 76.7 cm³/mol. The molecule has 1 amide bonds. The average molecular weight is 312 g/mol. The number of carbonyl (C=O) groups excluding carboxylic acids is 1. The van der Waals surface area contributed by atoms with E-state index in [2.05, 4.69) is 20.8 Å². The first-order valence-corrected chi connectivity index (χ1v) is 6.90. The van der Waals surface area contributed by atoms with Crippen LogP contribution in [0.5, 0.6) is 0 Å². The summed E-state index contributed by atoms with van der Waals surface area (Å²) in [7, 11) is 0. The molecule has 0 spiro atoms. The summed E-state index contributed by atoms with van der Waals surface area (Å²) in [5.41, 5.74) is 7.65. The van der Waals surface area contributed by atoms with E-state index in [1.807, 2.05) is 30.0 Å². The van der Waals surface area contributed by atoms with Gasteiger partial charge in [0.1, 0.15) is 0 Å². The van der Waals surface area contributed by atoms with Crippen LogP contribution < -0.4 is 10.6 Å². The minimum Gasteiger partial charge on any atom is -0.329 e. The highest BCUT2D eigenvalue weighted by Crippen LogP contribution is 2.25. The van der Waals surface area contributed by atoms with E-state index in [9.17, 15) is 4.79 Å². The number of nitrogens with zero attached hydrogens (tertiary/aromatic N) is 2. The molecule has 0 radical (unpaired) electrons. The van der Waals surface area contributed by atoms with Crippen LogP contribution in [0.15, 0.2) is 22.7 Å². The quantitative estimate of drug-likeness (QED) is 0.917. The molecule has 1 aromatic carbocycles. The lowest BCUT2D eigenvalue weighted by atomic mass is 10.1. The van der Waals surface area contributed by atoms with E-state index in [1.54, 1.807) is 0 Å². The molecule has 0 unspecified atom stereocenters. The van der Waals surface area contributed by atoms with Gasteiger partial charge in [0.25, 0.3) is 0 Å². The molecule has 1 heterocycles. The summed E-state index contributed by atoms with van der Waals surface area (Å²) in [5, 5.41) is 0. The number of hydrogen-bond acceptors (Lipinski definition) is 3. The second kappa shape index (κ2) is 5.82. The third-order valence-electron chi connectivity index (χ3n) is 3.19. The maximum Gasteiger partial charge on any atom is 0.241 e. The highest BCUT2D eigenvalue weighted by molar-refractivity contribution is 9.10. The van der Waals surface area contributed by atoms with Gasteiger partial charge in [-0.05, 0) is 30.7 Å². The first kappa shape index (κ1) is 13.5. The predicted octanol–water partition coefficient (Wildman–Crippen LogP) is 1.36. The standard InChI is InChI=1S/C13H18BrN3O/c1-10-8-11(14)2-3-12(10)17-7-6-16(5-4-15)9-13(17)18/h2-3,8H,4-7,9,15H2,1H3. The molecular weight excluding hydrogens is 294 g/mol. The second-order valence-corrected chi connectivity index (χ2v) is 5.46. The molecule has 1 aliphatic rings. The fourth-order valence-corrected chi connectivity index (χ4v) is 2.75. The molecule has 18 heavy (non-hydrogen) atoms. The molecule has 5 heteroatoms. The number of amides is 1. The minimum absolute atomic E-state index is 0.153. The van der Waals surface area contributed by atoms with Gasteiger partial charge in [-0.25, -0.2) is 0 Å². The van der Waals surface area contributed by atoms with Crippen LogP contribution in [0.3, 0.4) is 0 Å². The summed E-state index contributed by atoms with van der Waals surface area (Å²) < 4.78 is 1.04. The Kier molecular flexibility index (Phi) is 4.37. The van der Waals surface area contributed by atoms with Crippen LogP contribution >= 0.6 is 15.9 Å². The minimum atomic E-state index is 0.153. The zero-order valence-electron chi connectivity index (χ0n) is 10.5. The number of halogens is 1. The summed E-state index contributed by atoms with van der Waals surface area (Å²) in [4.78, 5) is 16.1. The van der Waals surface area contributed by atoms with Gasteiger partial charge < -0.3 is 10.6 Å². The Balaban J connectivity index is 2.13. The zero-order valence-corrected chi connectivity index (χ0v) is 12.1. The Bertz CT molecular complexity index is 450. The number of aryl methyl sites for hydroxylation is 1. The molecule has 4 nitrogen and oxygen atoms in total. The molecule has 0 saturated carbocycles. The molecule has 1 aliphatic heterocycles. The molecule has 0 atom stereocenters. The van der Waals surface area contributed by atoms with Crippen molar-refractivity contribution in [2.45, 2.75) is 6.92 Å². The molecular formula is C13H18BrN3O. The lowest BCUT2D eigenvalue weighted by Crippen LogP contribution is -2.51. The van der Waals surface area contributed by atoms with Gasteiger partial charge in [0.15, 0.2) is 0 Å². The summed E-state index contributed by atoms with van der Waals surface area (Å²) in [6, 6.07) is 6.01. The highest BCUT2D eigenvalue weighted by atomic mass is 79.9. The van der Waals surface area contributed by atoms with E-state index in [0.29, 0.717) is 13.1 Å². The molecule has 0 bridgehead atoms. The van der Waals surface area contributed by atoms with Crippen molar-refractivity contribution in [2.75, 3.05) is 37.6 Å². The lowest BCUT2D eigenvalue weighted by molar-refractivity contribution is -0.121. The van der Waals surface area contributed by atoms with Crippen LogP contribution in [0.2, 0.25) is 0 Å². The Labute approximate surface area is 116 Å². The third-order valence-corrected chi connectivity index (χ3v) is 3.69. The number of anilines is 1. The van der Waals surface area contributed by atoms with Crippen LogP contribution in [0.4, 0.5) is 5.69 Å². The van der Waals surface area contributed by atoms with Crippen molar-refractivity contribution in [3.8, 4) is 0 Å². The molecule has 1 fully saturated rings. The summed E-state index contributed by atoms with van der Waals surface area (Å²) >= 11 is 3.44. The molecule has 1 saturated heterocycles. The molecule has 0 aliphatic carbocycles. The third kappa shape index (κ3) is 2.91. The van der Waals surface area contributed by atoms with E-state index >= 15 is 0 Å². The summed E-state index contributed by atoms with van der Waals surface area (Å²) in [6.07, 6.45) is 0. The van der Waals surface area contributed by atoms with Gasteiger partial charge in [0.05, 0.1) is 6.54 Å². The number of piperazine rings is 1. The van der Waals surface area contributed by atoms with E-state index in [1.165, 1.54) is 0 Å². The summed E-state index contributed by atoms with van der Waals surface area (Å²) in [5.74, 6) is 0.153. The van der Waals surface area contributed by atoms with Crippen molar-refractivity contribution in [3.63, 3.8) is 0 Å². The SMILES string of the molecule is Cc1cc(Br)ccc1N1CCN(CCN)CC1=O. The average Bonchev–Trinajstić information content (AvgIpc) is 2.31. The Morgan fingerprint density at radius 2 is 2.17 bits per heavy atom. The van der Waals surface area contributed by atoms with Gasteiger partial charge in [-0.15, -0.1) is 0 Å². The van der Waals surface area contributed by atoms with Gasteiger partial charge >= 0.3 is 0 Å². The highest BCUT2D eigenvalue weighted by Gasteiger charge is 2.25. The molecule has 98 valence electrons. The summed E-state index contributed by atoms with van der Waals surface area (Å²) in [6.45, 7) is 5.51.